The molecule has 1 aromatic carbocycles. The Morgan fingerprint density at radius 3 is 2.67 bits per heavy atom. The van der Waals surface area contributed by atoms with E-state index in [1.807, 2.05) is 31.2 Å². The maximum Gasteiger partial charge on any atom is 0.341 e. The van der Waals surface area contributed by atoms with Gasteiger partial charge in [0, 0.05) is 10.4 Å². The van der Waals surface area contributed by atoms with Crippen LogP contribution < -0.4 is 5.32 Å². The van der Waals surface area contributed by atoms with E-state index in [0.29, 0.717) is 17.7 Å². The van der Waals surface area contributed by atoms with Crippen molar-refractivity contribution in [2.24, 2.45) is 0 Å². The molecule has 1 heterocycles. The topological polar surface area (TPSA) is 55.4 Å². The second-order valence-corrected chi connectivity index (χ2v) is 7.03. The van der Waals surface area contributed by atoms with Gasteiger partial charge in [-0.25, -0.2) is 4.79 Å². The number of carbonyl (C=O) groups excluding carboxylic acids is 2. The largest absolute Gasteiger partial charge is 0.462 e. The Morgan fingerprint density at radius 2 is 1.96 bits per heavy atom. The number of carbonyl (C=O) groups is 2. The summed E-state index contributed by atoms with van der Waals surface area (Å²) in [7, 11) is 0. The van der Waals surface area contributed by atoms with Crippen molar-refractivity contribution in [3.05, 3.63) is 51.4 Å². The maximum absolute atomic E-state index is 12.3. The number of rotatable bonds is 6. The molecule has 0 saturated carbocycles. The van der Waals surface area contributed by atoms with Crippen LogP contribution in [-0.4, -0.2) is 24.9 Å². The molecule has 1 aliphatic rings. The number of hydrogen-bond acceptors (Lipinski definition) is 5. The SMILES string of the molecule is CCOC(=O)c1c(NCC(=O)c2ccc(C)cc2)sc2c1CCC2. The fourth-order valence-electron chi connectivity index (χ4n) is 2.95. The molecule has 5 heteroatoms. The van der Waals surface area contributed by atoms with Crippen LogP contribution in [-0.2, 0) is 17.6 Å². The molecular weight excluding hydrogens is 322 g/mol. The smallest absolute Gasteiger partial charge is 0.341 e. The number of esters is 1. The van der Waals surface area contributed by atoms with Gasteiger partial charge in [0.1, 0.15) is 5.00 Å². The lowest BCUT2D eigenvalue weighted by Gasteiger charge is -2.08. The van der Waals surface area contributed by atoms with Gasteiger partial charge in [0.25, 0.3) is 0 Å². The first-order valence-corrected chi connectivity index (χ1v) is 9.07. The van der Waals surface area contributed by atoms with Crippen molar-refractivity contribution in [2.75, 3.05) is 18.5 Å². The number of aryl methyl sites for hydroxylation is 2. The first kappa shape index (κ1) is 16.7. The van der Waals surface area contributed by atoms with Gasteiger partial charge in [-0.15, -0.1) is 11.3 Å². The summed E-state index contributed by atoms with van der Waals surface area (Å²) in [5.74, 6) is -0.277. The Kier molecular flexibility index (Phi) is 5.00. The molecule has 0 saturated heterocycles. The van der Waals surface area contributed by atoms with Gasteiger partial charge in [-0.05, 0) is 38.7 Å². The molecular formula is C19H21NO3S. The molecule has 1 N–H and O–H groups in total. The van der Waals surface area contributed by atoms with E-state index in [1.165, 1.54) is 4.88 Å². The van der Waals surface area contributed by atoms with Gasteiger partial charge >= 0.3 is 5.97 Å². The van der Waals surface area contributed by atoms with Crippen molar-refractivity contribution in [2.45, 2.75) is 33.1 Å². The molecule has 0 aliphatic heterocycles. The third-order valence-corrected chi connectivity index (χ3v) is 5.43. The van der Waals surface area contributed by atoms with Crippen molar-refractivity contribution in [1.29, 1.82) is 0 Å². The molecule has 0 fully saturated rings. The van der Waals surface area contributed by atoms with Gasteiger partial charge in [0.2, 0.25) is 0 Å². The van der Waals surface area contributed by atoms with E-state index in [1.54, 1.807) is 18.3 Å². The molecule has 0 radical (unpaired) electrons. The van der Waals surface area contributed by atoms with Crippen LogP contribution in [0.3, 0.4) is 0 Å². The molecule has 4 nitrogen and oxygen atoms in total. The molecule has 126 valence electrons. The second-order valence-electron chi connectivity index (χ2n) is 5.92. The highest BCUT2D eigenvalue weighted by Gasteiger charge is 2.27. The highest BCUT2D eigenvalue weighted by Crippen LogP contribution is 2.39. The van der Waals surface area contributed by atoms with Crippen molar-refractivity contribution in [3.8, 4) is 0 Å². The summed E-state index contributed by atoms with van der Waals surface area (Å²) in [4.78, 5) is 25.9. The quantitative estimate of drug-likeness (QED) is 0.636. The minimum Gasteiger partial charge on any atom is -0.462 e. The summed E-state index contributed by atoms with van der Waals surface area (Å²) in [6, 6.07) is 7.52. The Bertz CT molecular complexity index is 762. The highest BCUT2D eigenvalue weighted by molar-refractivity contribution is 7.16. The van der Waals surface area contributed by atoms with Crippen LogP contribution in [0.15, 0.2) is 24.3 Å². The first-order chi connectivity index (χ1) is 11.6. The summed E-state index contributed by atoms with van der Waals surface area (Å²) in [6.07, 6.45) is 2.99. The Hall–Kier alpha value is -2.14. The van der Waals surface area contributed by atoms with Crippen molar-refractivity contribution in [1.82, 2.24) is 0 Å². The molecule has 24 heavy (non-hydrogen) atoms. The molecule has 3 rings (SSSR count). The van der Waals surface area contributed by atoms with Gasteiger partial charge in [-0.3, -0.25) is 4.79 Å². The lowest BCUT2D eigenvalue weighted by atomic mass is 10.1. The van der Waals surface area contributed by atoms with E-state index in [-0.39, 0.29) is 18.3 Å². The first-order valence-electron chi connectivity index (χ1n) is 8.25. The zero-order valence-electron chi connectivity index (χ0n) is 14.0. The van der Waals surface area contributed by atoms with Gasteiger partial charge in [-0.2, -0.15) is 0 Å². The second kappa shape index (κ2) is 7.18. The number of hydrogen-bond donors (Lipinski definition) is 1. The zero-order chi connectivity index (χ0) is 17.1. The molecule has 1 aromatic heterocycles. The summed E-state index contributed by atoms with van der Waals surface area (Å²) in [5.41, 5.74) is 3.53. The van der Waals surface area contributed by atoms with Gasteiger partial charge in [0.15, 0.2) is 5.78 Å². The summed E-state index contributed by atoms with van der Waals surface area (Å²) >= 11 is 1.58. The predicted molar refractivity (Wildman–Crippen MR) is 96.3 cm³/mol. The molecule has 2 aromatic rings. The lowest BCUT2D eigenvalue weighted by molar-refractivity contribution is 0.0526. The third kappa shape index (κ3) is 3.36. The van der Waals surface area contributed by atoms with Gasteiger partial charge in [-0.1, -0.05) is 29.8 Å². The molecule has 0 spiro atoms. The molecule has 0 bridgehead atoms. The molecule has 1 aliphatic carbocycles. The monoisotopic (exact) mass is 343 g/mol. The Balaban J connectivity index is 1.76. The van der Waals surface area contributed by atoms with Crippen LogP contribution in [0.1, 0.15) is 50.1 Å². The van der Waals surface area contributed by atoms with Crippen molar-refractivity contribution >= 4 is 28.1 Å². The van der Waals surface area contributed by atoms with E-state index < -0.39 is 0 Å². The van der Waals surface area contributed by atoms with Crippen LogP contribution in [0.4, 0.5) is 5.00 Å². The number of anilines is 1. The average Bonchev–Trinajstić information content (AvgIpc) is 3.13. The Labute approximate surface area is 145 Å². The van der Waals surface area contributed by atoms with Crippen LogP contribution in [0.2, 0.25) is 0 Å². The van der Waals surface area contributed by atoms with Crippen molar-refractivity contribution in [3.63, 3.8) is 0 Å². The van der Waals surface area contributed by atoms with Gasteiger partial charge < -0.3 is 10.1 Å². The van der Waals surface area contributed by atoms with Crippen LogP contribution >= 0.6 is 11.3 Å². The molecule has 0 unspecified atom stereocenters. The van der Waals surface area contributed by atoms with Crippen LogP contribution in [0, 0.1) is 6.92 Å². The number of benzene rings is 1. The van der Waals surface area contributed by atoms with Gasteiger partial charge in [0.05, 0.1) is 18.7 Å². The minimum atomic E-state index is -0.290. The number of nitrogens with one attached hydrogen (secondary N) is 1. The average molecular weight is 343 g/mol. The summed E-state index contributed by atoms with van der Waals surface area (Å²) in [6.45, 7) is 4.32. The summed E-state index contributed by atoms with van der Waals surface area (Å²) in [5, 5.41) is 3.93. The zero-order valence-corrected chi connectivity index (χ0v) is 14.8. The van der Waals surface area contributed by atoms with Crippen LogP contribution in [0.25, 0.3) is 0 Å². The van der Waals surface area contributed by atoms with E-state index in [2.05, 4.69) is 5.32 Å². The van der Waals surface area contributed by atoms with Crippen molar-refractivity contribution < 1.29 is 14.3 Å². The number of fused-ring (bicyclic) bond motifs is 1. The predicted octanol–water partition coefficient (Wildman–Crippen LogP) is 4.02. The standard InChI is InChI=1S/C19H21NO3S/c1-3-23-19(22)17-14-5-4-6-16(14)24-18(17)20-11-15(21)13-9-7-12(2)8-10-13/h7-10,20H,3-6,11H2,1-2H3. The number of thiophene rings is 1. The molecule has 0 atom stereocenters. The number of Topliss-reactive ketones (excluding diaryl/α,β-unsaturated/α-hetero) is 1. The summed E-state index contributed by atoms with van der Waals surface area (Å²) < 4.78 is 5.20. The van der Waals surface area contributed by atoms with E-state index >= 15 is 0 Å². The van der Waals surface area contributed by atoms with E-state index in [4.69, 9.17) is 4.74 Å². The number of ketones is 1. The molecule has 0 amide bonds. The third-order valence-electron chi connectivity index (χ3n) is 4.18. The number of ether oxygens (including phenoxy) is 1. The lowest BCUT2D eigenvalue weighted by Crippen LogP contribution is -2.16. The highest BCUT2D eigenvalue weighted by atomic mass is 32.1. The fraction of sp³-hybridized carbons (Fsp3) is 0.368. The minimum absolute atomic E-state index is 0.0124. The maximum atomic E-state index is 12.3. The van der Waals surface area contributed by atoms with Crippen LogP contribution in [0.5, 0.6) is 0 Å². The van der Waals surface area contributed by atoms with E-state index in [0.717, 1.165) is 35.4 Å². The Morgan fingerprint density at radius 1 is 1.21 bits per heavy atom. The fourth-order valence-corrected chi connectivity index (χ4v) is 4.22. The normalized spacial score (nSPS) is 12.8. The van der Waals surface area contributed by atoms with E-state index in [9.17, 15) is 9.59 Å².